The van der Waals surface area contributed by atoms with E-state index in [-0.39, 0.29) is 17.8 Å². The lowest BCUT2D eigenvalue weighted by molar-refractivity contribution is -0.0230. The fraction of sp³-hybridized carbons (Fsp3) is 0.238. The zero-order chi connectivity index (χ0) is 18.8. The van der Waals surface area contributed by atoms with Crippen LogP contribution < -0.4 is 4.74 Å². The van der Waals surface area contributed by atoms with Gasteiger partial charge < -0.3 is 14.4 Å². The van der Waals surface area contributed by atoms with E-state index in [9.17, 15) is 9.18 Å². The van der Waals surface area contributed by atoms with Crippen molar-refractivity contribution in [2.24, 2.45) is 0 Å². The minimum absolute atomic E-state index is 0.136. The molecule has 1 aliphatic rings. The molecule has 1 fully saturated rings. The summed E-state index contributed by atoms with van der Waals surface area (Å²) in [5, 5.41) is 0.914. The van der Waals surface area contributed by atoms with Gasteiger partial charge in [-0.25, -0.2) is 9.37 Å². The van der Waals surface area contributed by atoms with Crippen molar-refractivity contribution in [2.45, 2.75) is 6.10 Å². The number of fused-ring (bicyclic) bond motifs is 1. The molecule has 0 aliphatic carbocycles. The molecule has 0 saturated carbocycles. The number of ether oxygens (including phenoxy) is 2. The number of benzene rings is 2. The van der Waals surface area contributed by atoms with Gasteiger partial charge in [0, 0.05) is 11.9 Å². The lowest BCUT2D eigenvalue weighted by atomic mass is 10.1. The number of carbonyl (C=O) groups excluding carboxylic acids is 1. The van der Waals surface area contributed by atoms with E-state index in [1.54, 1.807) is 30.2 Å². The number of amides is 1. The normalized spacial score (nSPS) is 17.1. The minimum Gasteiger partial charge on any atom is -0.497 e. The van der Waals surface area contributed by atoms with Crippen molar-refractivity contribution in [1.29, 1.82) is 0 Å². The topological polar surface area (TPSA) is 51.7 Å². The highest BCUT2D eigenvalue weighted by molar-refractivity contribution is 5.95. The average Bonchev–Trinajstić information content (AvgIpc) is 2.73. The second-order valence-electron chi connectivity index (χ2n) is 6.42. The van der Waals surface area contributed by atoms with Crippen molar-refractivity contribution in [3.8, 4) is 5.75 Å². The maximum atomic E-state index is 13.1. The van der Waals surface area contributed by atoms with E-state index in [0.29, 0.717) is 25.4 Å². The second-order valence-corrected chi connectivity index (χ2v) is 6.42. The monoisotopic (exact) mass is 366 g/mol. The molecule has 1 unspecified atom stereocenters. The molecular formula is C21H19FN2O3. The van der Waals surface area contributed by atoms with Gasteiger partial charge in [0.1, 0.15) is 23.4 Å². The molecule has 1 aromatic heterocycles. The third-order valence-electron chi connectivity index (χ3n) is 4.71. The first-order valence-electron chi connectivity index (χ1n) is 8.75. The number of aromatic nitrogens is 1. The van der Waals surface area contributed by atoms with Crippen molar-refractivity contribution in [3.05, 3.63) is 71.7 Å². The summed E-state index contributed by atoms with van der Waals surface area (Å²) in [4.78, 5) is 19.2. The first-order chi connectivity index (χ1) is 13.1. The van der Waals surface area contributed by atoms with Gasteiger partial charge in [0.25, 0.3) is 5.91 Å². The van der Waals surface area contributed by atoms with E-state index in [4.69, 9.17) is 9.47 Å². The molecule has 1 atom stereocenters. The largest absolute Gasteiger partial charge is 0.497 e. The molecule has 4 rings (SSSR count). The van der Waals surface area contributed by atoms with Crippen molar-refractivity contribution in [2.75, 3.05) is 26.8 Å². The fourth-order valence-electron chi connectivity index (χ4n) is 3.22. The Morgan fingerprint density at radius 1 is 1.19 bits per heavy atom. The fourth-order valence-corrected chi connectivity index (χ4v) is 3.22. The number of pyridine rings is 1. The highest BCUT2D eigenvalue weighted by Gasteiger charge is 2.27. The molecule has 5 nitrogen and oxygen atoms in total. The summed E-state index contributed by atoms with van der Waals surface area (Å²) in [7, 11) is 1.61. The number of carbonyl (C=O) groups is 1. The molecule has 1 amide bonds. The molecule has 138 valence electrons. The number of methoxy groups -OCH3 is 1. The molecule has 2 heterocycles. The summed E-state index contributed by atoms with van der Waals surface area (Å²) in [5.74, 6) is 0.321. The Bertz CT molecular complexity index is 975. The molecule has 3 aromatic rings. The van der Waals surface area contributed by atoms with Crippen molar-refractivity contribution in [1.82, 2.24) is 9.88 Å². The van der Waals surface area contributed by atoms with Crippen molar-refractivity contribution < 1.29 is 18.7 Å². The number of hydrogen-bond acceptors (Lipinski definition) is 4. The zero-order valence-electron chi connectivity index (χ0n) is 14.9. The van der Waals surface area contributed by atoms with E-state index < -0.39 is 0 Å². The summed E-state index contributed by atoms with van der Waals surface area (Å²) in [6, 6.07) is 15.3. The molecule has 0 spiro atoms. The Balaban J connectivity index is 1.54. The van der Waals surface area contributed by atoms with Crippen LogP contribution >= 0.6 is 0 Å². The molecule has 1 aliphatic heterocycles. The maximum Gasteiger partial charge on any atom is 0.272 e. The van der Waals surface area contributed by atoms with Gasteiger partial charge >= 0.3 is 0 Å². The molecule has 2 aromatic carbocycles. The summed E-state index contributed by atoms with van der Waals surface area (Å²) in [6.07, 6.45) is -0.270. The molecule has 6 heteroatoms. The predicted octanol–water partition coefficient (Wildman–Crippen LogP) is 3.60. The van der Waals surface area contributed by atoms with Crippen LogP contribution in [-0.4, -0.2) is 42.6 Å². The van der Waals surface area contributed by atoms with Crippen LogP contribution in [0.25, 0.3) is 10.9 Å². The lowest BCUT2D eigenvalue weighted by Gasteiger charge is -2.33. The van der Waals surface area contributed by atoms with Gasteiger partial charge in [0.05, 0.1) is 25.8 Å². The summed E-state index contributed by atoms with van der Waals surface area (Å²) in [6.45, 7) is 1.34. The van der Waals surface area contributed by atoms with Gasteiger partial charge in [-0.2, -0.15) is 0 Å². The molecule has 0 radical (unpaired) electrons. The highest BCUT2D eigenvalue weighted by atomic mass is 19.1. The molecule has 0 N–H and O–H groups in total. The van der Waals surface area contributed by atoms with Gasteiger partial charge in [0.15, 0.2) is 0 Å². The van der Waals surface area contributed by atoms with Gasteiger partial charge in [-0.05, 0) is 42.0 Å². The summed E-state index contributed by atoms with van der Waals surface area (Å²) in [5.41, 5.74) is 1.99. The zero-order valence-corrected chi connectivity index (χ0v) is 14.9. The third-order valence-corrected chi connectivity index (χ3v) is 4.71. The Morgan fingerprint density at radius 2 is 2.00 bits per heavy atom. The second kappa shape index (κ2) is 7.32. The average molecular weight is 366 g/mol. The van der Waals surface area contributed by atoms with Crippen LogP contribution in [0.2, 0.25) is 0 Å². The van der Waals surface area contributed by atoms with Crippen LogP contribution in [0.1, 0.15) is 22.2 Å². The summed E-state index contributed by atoms with van der Waals surface area (Å²) < 4.78 is 24.1. The van der Waals surface area contributed by atoms with Gasteiger partial charge in [-0.3, -0.25) is 4.79 Å². The number of hydrogen-bond donors (Lipinski definition) is 0. The van der Waals surface area contributed by atoms with Crippen LogP contribution in [0.5, 0.6) is 5.75 Å². The Hall–Kier alpha value is -2.99. The van der Waals surface area contributed by atoms with Crippen LogP contribution in [0.4, 0.5) is 4.39 Å². The number of halogens is 1. The van der Waals surface area contributed by atoms with Gasteiger partial charge in [0.2, 0.25) is 0 Å². The van der Waals surface area contributed by atoms with Gasteiger partial charge in [-0.15, -0.1) is 0 Å². The summed E-state index contributed by atoms with van der Waals surface area (Å²) >= 11 is 0. The molecular weight excluding hydrogens is 347 g/mol. The smallest absolute Gasteiger partial charge is 0.272 e. The van der Waals surface area contributed by atoms with Crippen LogP contribution in [0, 0.1) is 5.82 Å². The predicted molar refractivity (Wildman–Crippen MR) is 99.3 cm³/mol. The maximum absolute atomic E-state index is 13.1. The third kappa shape index (κ3) is 3.61. The number of rotatable bonds is 3. The lowest BCUT2D eigenvalue weighted by Crippen LogP contribution is -2.42. The standard InChI is InChI=1S/C21H19FN2O3/c1-26-17-7-9-18-15(12-17)4-8-19(23-18)21(25)24-10-11-27-20(13-24)14-2-5-16(22)6-3-14/h2-9,12,20H,10-11,13H2,1H3. The van der Waals surface area contributed by atoms with E-state index in [0.717, 1.165) is 22.2 Å². The van der Waals surface area contributed by atoms with E-state index in [2.05, 4.69) is 4.98 Å². The highest BCUT2D eigenvalue weighted by Crippen LogP contribution is 2.24. The van der Waals surface area contributed by atoms with E-state index in [1.807, 2.05) is 24.3 Å². The quantitative estimate of drug-likeness (QED) is 0.711. The van der Waals surface area contributed by atoms with Crippen LogP contribution in [-0.2, 0) is 4.74 Å². The first-order valence-corrected chi connectivity index (χ1v) is 8.75. The number of morpholine rings is 1. The van der Waals surface area contributed by atoms with Crippen LogP contribution in [0.3, 0.4) is 0 Å². The van der Waals surface area contributed by atoms with Crippen molar-refractivity contribution in [3.63, 3.8) is 0 Å². The van der Waals surface area contributed by atoms with E-state index >= 15 is 0 Å². The molecule has 0 bridgehead atoms. The van der Waals surface area contributed by atoms with Crippen molar-refractivity contribution >= 4 is 16.8 Å². The minimum atomic E-state index is -0.292. The number of nitrogens with zero attached hydrogens (tertiary/aromatic N) is 2. The molecule has 1 saturated heterocycles. The Labute approximate surface area is 156 Å². The van der Waals surface area contributed by atoms with Crippen LogP contribution in [0.15, 0.2) is 54.6 Å². The Kier molecular flexibility index (Phi) is 4.73. The SMILES string of the molecule is COc1ccc2nc(C(=O)N3CCOC(c4ccc(F)cc4)C3)ccc2c1. The Morgan fingerprint density at radius 3 is 2.78 bits per heavy atom. The molecule has 27 heavy (non-hydrogen) atoms. The van der Waals surface area contributed by atoms with E-state index in [1.165, 1.54) is 12.1 Å². The first kappa shape index (κ1) is 17.4. The van der Waals surface area contributed by atoms with Gasteiger partial charge in [-0.1, -0.05) is 18.2 Å².